The van der Waals surface area contributed by atoms with Crippen LogP contribution in [0.15, 0.2) is 42.6 Å². The molecule has 0 radical (unpaired) electrons. The highest BCUT2D eigenvalue weighted by Crippen LogP contribution is 2.23. The lowest BCUT2D eigenvalue weighted by molar-refractivity contribution is 0.0334. The Morgan fingerprint density at radius 3 is 2.58 bits per heavy atom. The standard InChI is InChI=1S/C20H25N3O/c1-2-4-17(5-3-1)14-23-9-7-19-18(15-23)6-8-21-20(19)16-22-10-12-24-13-11-22/h1-6,8H,7,9-16H2. The van der Waals surface area contributed by atoms with E-state index in [2.05, 4.69) is 46.2 Å². The molecule has 24 heavy (non-hydrogen) atoms. The maximum Gasteiger partial charge on any atom is 0.0594 e. The van der Waals surface area contributed by atoms with Crippen molar-refractivity contribution < 1.29 is 4.74 Å². The molecule has 0 saturated carbocycles. The molecule has 2 aliphatic rings. The third-order valence-corrected chi connectivity index (χ3v) is 5.04. The van der Waals surface area contributed by atoms with E-state index in [9.17, 15) is 0 Å². The van der Waals surface area contributed by atoms with Gasteiger partial charge >= 0.3 is 0 Å². The van der Waals surface area contributed by atoms with Gasteiger partial charge in [-0.3, -0.25) is 14.8 Å². The second kappa shape index (κ2) is 7.43. The van der Waals surface area contributed by atoms with Crippen LogP contribution in [0.3, 0.4) is 0 Å². The summed E-state index contributed by atoms with van der Waals surface area (Å²) in [7, 11) is 0. The highest BCUT2D eigenvalue weighted by atomic mass is 16.5. The van der Waals surface area contributed by atoms with Crippen LogP contribution < -0.4 is 0 Å². The molecule has 1 aromatic carbocycles. The van der Waals surface area contributed by atoms with Crippen molar-refractivity contribution in [2.75, 3.05) is 32.8 Å². The van der Waals surface area contributed by atoms with E-state index in [1.54, 1.807) is 0 Å². The van der Waals surface area contributed by atoms with Crippen LogP contribution in [-0.2, 0) is 30.8 Å². The van der Waals surface area contributed by atoms with Crippen LogP contribution >= 0.6 is 0 Å². The summed E-state index contributed by atoms with van der Waals surface area (Å²) >= 11 is 0. The molecular formula is C20H25N3O. The van der Waals surface area contributed by atoms with Crippen LogP contribution in [0.5, 0.6) is 0 Å². The van der Waals surface area contributed by atoms with Crippen molar-refractivity contribution in [2.45, 2.75) is 26.1 Å². The summed E-state index contributed by atoms with van der Waals surface area (Å²) in [6, 6.07) is 13.0. The first-order chi connectivity index (χ1) is 11.9. The monoisotopic (exact) mass is 323 g/mol. The Morgan fingerprint density at radius 1 is 0.917 bits per heavy atom. The number of aromatic nitrogens is 1. The van der Waals surface area contributed by atoms with Crippen molar-refractivity contribution >= 4 is 0 Å². The number of pyridine rings is 1. The fraction of sp³-hybridized carbons (Fsp3) is 0.450. The van der Waals surface area contributed by atoms with Crippen LogP contribution in [0.4, 0.5) is 0 Å². The molecule has 4 nitrogen and oxygen atoms in total. The minimum atomic E-state index is 0.847. The zero-order chi connectivity index (χ0) is 16.2. The summed E-state index contributed by atoms with van der Waals surface area (Å²) < 4.78 is 5.45. The first kappa shape index (κ1) is 15.8. The van der Waals surface area contributed by atoms with E-state index in [0.29, 0.717) is 0 Å². The van der Waals surface area contributed by atoms with Crippen molar-refractivity contribution in [3.8, 4) is 0 Å². The quantitative estimate of drug-likeness (QED) is 0.864. The van der Waals surface area contributed by atoms with Crippen LogP contribution in [0.2, 0.25) is 0 Å². The number of rotatable bonds is 4. The summed E-state index contributed by atoms with van der Waals surface area (Å²) in [5.74, 6) is 0. The fourth-order valence-corrected chi connectivity index (χ4v) is 3.71. The van der Waals surface area contributed by atoms with Crippen LogP contribution in [-0.4, -0.2) is 47.6 Å². The number of hydrogen-bond donors (Lipinski definition) is 0. The summed E-state index contributed by atoms with van der Waals surface area (Å²) in [6.07, 6.45) is 3.09. The summed E-state index contributed by atoms with van der Waals surface area (Å²) in [5.41, 5.74) is 5.60. The van der Waals surface area contributed by atoms with Crippen molar-refractivity contribution in [1.29, 1.82) is 0 Å². The van der Waals surface area contributed by atoms with Crippen molar-refractivity contribution in [3.05, 3.63) is 65.0 Å². The fourth-order valence-electron chi connectivity index (χ4n) is 3.71. The van der Waals surface area contributed by atoms with E-state index in [4.69, 9.17) is 9.72 Å². The number of hydrogen-bond acceptors (Lipinski definition) is 4. The molecule has 0 amide bonds. The Kier molecular flexibility index (Phi) is 4.88. The second-order valence-corrected chi connectivity index (χ2v) is 6.73. The van der Waals surface area contributed by atoms with Crippen LogP contribution in [0.25, 0.3) is 0 Å². The lowest BCUT2D eigenvalue weighted by Gasteiger charge is -2.31. The average Bonchev–Trinajstić information content (AvgIpc) is 2.63. The largest absolute Gasteiger partial charge is 0.379 e. The molecule has 2 aliphatic heterocycles. The van der Waals surface area contributed by atoms with E-state index >= 15 is 0 Å². The summed E-state index contributed by atoms with van der Waals surface area (Å²) in [4.78, 5) is 9.69. The van der Waals surface area contributed by atoms with Gasteiger partial charge < -0.3 is 4.74 Å². The number of morpholine rings is 1. The van der Waals surface area contributed by atoms with Crippen molar-refractivity contribution in [1.82, 2.24) is 14.8 Å². The topological polar surface area (TPSA) is 28.6 Å². The van der Waals surface area contributed by atoms with Crippen molar-refractivity contribution in [3.63, 3.8) is 0 Å². The maximum atomic E-state index is 5.45. The molecule has 1 fully saturated rings. The molecule has 0 unspecified atom stereocenters. The van der Waals surface area contributed by atoms with Gasteiger partial charge in [0.25, 0.3) is 0 Å². The van der Waals surface area contributed by atoms with Crippen LogP contribution in [0, 0.1) is 0 Å². The Labute approximate surface area is 144 Å². The Morgan fingerprint density at radius 2 is 1.75 bits per heavy atom. The number of ether oxygens (including phenoxy) is 1. The van der Waals surface area contributed by atoms with Gasteiger partial charge in [-0.1, -0.05) is 30.3 Å². The smallest absolute Gasteiger partial charge is 0.0594 e. The third-order valence-electron chi connectivity index (χ3n) is 5.04. The minimum absolute atomic E-state index is 0.847. The molecule has 0 atom stereocenters. The van der Waals surface area contributed by atoms with Gasteiger partial charge in [-0.15, -0.1) is 0 Å². The molecule has 0 spiro atoms. The summed E-state index contributed by atoms with van der Waals surface area (Å²) in [6.45, 7) is 7.87. The Bertz CT molecular complexity index is 668. The predicted octanol–water partition coefficient (Wildman–Crippen LogP) is 2.47. The van der Waals surface area contributed by atoms with Gasteiger partial charge in [0, 0.05) is 45.5 Å². The van der Waals surface area contributed by atoms with Gasteiger partial charge in [0.05, 0.1) is 18.9 Å². The van der Waals surface area contributed by atoms with Crippen molar-refractivity contribution in [2.24, 2.45) is 0 Å². The van der Waals surface area contributed by atoms with E-state index < -0.39 is 0 Å². The van der Waals surface area contributed by atoms with E-state index in [0.717, 1.165) is 58.9 Å². The zero-order valence-electron chi connectivity index (χ0n) is 14.2. The zero-order valence-corrected chi connectivity index (χ0v) is 14.2. The molecule has 4 rings (SSSR count). The number of fused-ring (bicyclic) bond motifs is 1. The first-order valence-electron chi connectivity index (χ1n) is 8.90. The van der Waals surface area contributed by atoms with E-state index in [1.807, 2.05) is 6.20 Å². The predicted molar refractivity (Wildman–Crippen MR) is 94.6 cm³/mol. The third kappa shape index (κ3) is 3.66. The second-order valence-electron chi connectivity index (χ2n) is 6.73. The normalized spacial score (nSPS) is 19.2. The average molecular weight is 323 g/mol. The molecule has 0 aliphatic carbocycles. The van der Waals surface area contributed by atoms with Gasteiger partial charge in [-0.2, -0.15) is 0 Å². The van der Waals surface area contributed by atoms with E-state index in [-0.39, 0.29) is 0 Å². The van der Waals surface area contributed by atoms with Gasteiger partial charge in [0.2, 0.25) is 0 Å². The molecule has 0 N–H and O–H groups in total. The SMILES string of the molecule is c1ccc(CN2CCc3c(ccnc3CN3CCOCC3)C2)cc1. The highest BCUT2D eigenvalue weighted by Gasteiger charge is 2.21. The highest BCUT2D eigenvalue weighted by molar-refractivity contribution is 5.32. The first-order valence-corrected chi connectivity index (χ1v) is 8.90. The van der Waals surface area contributed by atoms with E-state index in [1.165, 1.54) is 22.4 Å². The Balaban J connectivity index is 1.45. The van der Waals surface area contributed by atoms with Gasteiger partial charge in [0.15, 0.2) is 0 Å². The molecule has 4 heteroatoms. The Hall–Kier alpha value is -1.75. The molecule has 2 aromatic rings. The molecule has 1 saturated heterocycles. The van der Waals surface area contributed by atoms with Gasteiger partial charge in [0.1, 0.15) is 0 Å². The molecule has 0 bridgehead atoms. The number of benzene rings is 1. The van der Waals surface area contributed by atoms with Gasteiger partial charge in [-0.25, -0.2) is 0 Å². The molecule has 126 valence electrons. The number of nitrogens with zero attached hydrogens (tertiary/aromatic N) is 3. The molecule has 3 heterocycles. The summed E-state index contributed by atoms with van der Waals surface area (Å²) in [5, 5.41) is 0. The minimum Gasteiger partial charge on any atom is -0.379 e. The van der Waals surface area contributed by atoms with Crippen LogP contribution in [0.1, 0.15) is 22.4 Å². The van der Waals surface area contributed by atoms with Gasteiger partial charge in [-0.05, 0) is 29.2 Å². The molecule has 1 aromatic heterocycles. The maximum absolute atomic E-state index is 5.45. The molecular weight excluding hydrogens is 298 g/mol. The lowest BCUT2D eigenvalue weighted by Crippen LogP contribution is -2.37. The lowest BCUT2D eigenvalue weighted by atomic mass is 9.97.